The van der Waals surface area contributed by atoms with Gasteiger partial charge in [0, 0.05) is 25.0 Å². The Balaban J connectivity index is 1.69. The van der Waals surface area contributed by atoms with Crippen LogP contribution in [-0.4, -0.2) is 43.4 Å². The van der Waals surface area contributed by atoms with Gasteiger partial charge in [-0.2, -0.15) is 0 Å². The fourth-order valence-electron chi connectivity index (χ4n) is 2.13. The van der Waals surface area contributed by atoms with Crippen LogP contribution in [0, 0.1) is 0 Å². The predicted molar refractivity (Wildman–Crippen MR) is 68.0 cm³/mol. The standard InChI is InChI=1S/C12H22N4O/c13-11-2-4-12(14,15-10-11)3-1-5-16-6-8-17-9-7-16/h2,4,10,15H,1,3,5-9,13-14H2. The molecule has 2 rings (SSSR count). The Morgan fingerprint density at radius 3 is 2.82 bits per heavy atom. The number of nitrogens with zero attached hydrogens (tertiary/aromatic N) is 1. The summed E-state index contributed by atoms with van der Waals surface area (Å²) in [4.78, 5) is 2.42. The van der Waals surface area contributed by atoms with Crippen LogP contribution in [0.15, 0.2) is 24.0 Å². The summed E-state index contributed by atoms with van der Waals surface area (Å²) in [5, 5.41) is 3.14. The Bertz CT molecular complexity index is 310. The van der Waals surface area contributed by atoms with E-state index >= 15 is 0 Å². The predicted octanol–water partition coefficient (Wildman–Crippen LogP) is -0.287. The molecule has 1 fully saturated rings. The molecule has 2 aliphatic heterocycles. The van der Waals surface area contributed by atoms with Gasteiger partial charge in [-0.15, -0.1) is 0 Å². The highest BCUT2D eigenvalue weighted by molar-refractivity contribution is 5.24. The highest BCUT2D eigenvalue weighted by Crippen LogP contribution is 2.13. The summed E-state index contributed by atoms with van der Waals surface area (Å²) in [7, 11) is 0. The number of hydrogen-bond donors (Lipinski definition) is 3. The summed E-state index contributed by atoms with van der Waals surface area (Å²) in [6.07, 6.45) is 7.56. The van der Waals surface area contributed by atoms with Crippen molar-refractivity contribution in [1.82, 2.24) is 10.2 Å². The lowest BCUT2D eigenvalue weighted by Gasteiger charge is -2.31. The topological polar surface area (TPSA) is 76.5 Å². The molecule has 0 bridgehead atoms. The van der Waals surface area contributed by atoms with Crippen molar-refractivity contribution in [3.05, 3.63) is 24.0 Å². The summed E-state index contributed by atoms with van der Waals surface area (Å²) in [6, 6.07) is 0. The van der Waals surface area contributed by atoms with Gasteiger partial charge >= 0.3 is 0 Å². The van der Waals surface area contributed by atoms with E-state index in [1.807, 2.05) is 12.2 Å². The minimum Gasteiger partial charge on any atom is -0.398 e. The van der Waals surface area contributed by atoms with Crippen LogP contribution in [0.25, 0.3) is 0 Å². The number of dihydropyridines is 1. The summed E-state index contributed by atoms with van der Waals surface area (Å²) in [5.41, 5.74) is 12.1. The molecule has 96 valence electrons. The maximum Gasteiger partial charge on any atom is 0.105 e. The molecule has 2 heterocycles. The molecule has 5 heteroatoms. The van der Waals surface area contributed by atoms with Gasteiger partial charge in [0.05, 0.1) is 13.2 Å². The molecule has 1 saturated heterocycles. The zero-order chi connectivity index (χ0) is 12.1. The van der Waals surface area contributed by atoms with Crippen molar-refractivity contribution in [3.63, 3.8) is 0 Å². The van der Waals surface area contributed by atoms with Crippen LogP contribution in [0.5, 0.6) is 0 Å². The fraction of sp³-hybridized carbons (Fsp3) is 0.667. The molecule has 0 spiro atoms. The zero-order valence-electron chi connectivity index (χ0n) is 10.2. The third-order valence-electron chi connectivity index (χ3n) is 3.25. The number of ether oxygens (including phenoxy) is 1. The summed E-state index contributed by atoms with van der Waals surface area (Å²) in [5.74, 6) is 0. The minimum absolute atomic E-state index is 0.435. The van der Waals surface area contributed by atoms with Crippen LogP contribution in [0.2, 0.25) is 0 Å². The van der Waals surface area contributed by atoms with E-state index < -0.39 is 5.66 Å². The molecule has 0 aromatic carbocycles. The monoisotopic (exact) mass is 238 g/mol. The van der Waals surface area contributed by atoms with E-state index in [1.54, 1.807) is 6.20 Å². The average Bonchev–Trinajstić information content (AvgIpc) is 2.35. The maximum atomic E-state index is 6.20. The first kappa shape index (κ1) is 12.4. The third-order valence-corrected chi connectivity index (χ3v) is 3.25. The first-order valence-electron chi connectivity index (χ1n) is 6.19. The SMILES string of the molecule is NC1=CNC(N)(CCCN2CCOCC2)C=C1. The molecular weight excluding hydrogens is 216 g/mol. The van der Waals surface area contributed by atoms with Gasteiger partial charge in [0.2, 0.25) is 0 Å². The van der Waals surface area contributed by atoms with Gasteiger partial charge in [0.25, 0.3) is 0 Å². The number of nitrogens with one attached hydrogen (secondary N) is 1. The van der Waals surface area contributed by atoms with Crippen LogP contribution < -0.4 is 16.8 Å². The van der Waals surface area contributed by atoms with Crippen LogP contribution >= 0.6 is 0 Å². The summed E-state index contributed by atoms with van der Waals surface area (Å²) >= 11 is 0. The molecule has 5 nitrogen and oxygen atoms in total. The van der Waals surface area contributed by atoms with Gasteiger partial charge in [0.15, 0.2) is 0 Å². The summed E-state index contributed by atoms with van der Waals surface area (Å²) in [6.45, 7) is 4.86. The lowest BCUT2D eigenvalue weighted by molar-refractivity contribution is 0.0366. The van der Waals surface area contributed by atoms with Crippen molar-refractivity contribution >= 4 is 0 Å². The molecule has 17 heavy (non-hydrogen) atoms. The van der Waals surface area contributed by atoms with Gasteiger partial charge in [-0.25, -0.2) is 0 Å². The van der Waals surface area contributed by atoms with Gasteiger partial charge in [-0.3, -0.25) is 4.90 Å². The largest absolute Gasteiger partial charge is 0.398 e. The molecule has 2 aliphatic rings. The molecule has 5 N–H and O–H groups in total. The Hall–Kier alpha value is -1.04. The lowest BCUT2D eigenvalue weighted by Crippen LogP contribution is -2.51. The minimum atomic E-state index is -0.435. The maximum absolute atomic E-state index is 6.20. The highest BCUT2D eigenvalue weighted by Gasteiger charge is 2.22. The van der Waals surface area contributed by atoms with Crippen molar-refractivity contribution < 1.29 is 4.74 Å². The Kier molecular flexibility index (Phi) is 4.04. The Morgan fingerprint density at radius 1 is 1.41 bits per heavy atom. The Labute approximate surface area is 102 Å². The van der Waals surface area contributed by atoms with E-state index in [1.165, 1.54) is 0 Å². The number of nitrogens with two attached hydrogens (primary N) is 2. The van der Waals surface area contributed by atoms with E-state index in [9.17, 15) is 0 Å². The quantitative estimate of drug-likeness (QED) is 0.627. The van der Waals surface area contributed by atoms with Gasteiger partial charge in [0.1, 0.15) is 5.66 Å². The second-order valence-electron chi connectivity index (χ2n) is 4.72. The molecule has 0 amide bonds. The van der Waals surface area contributed by atoms with E-state index in [2.05, 4.69) is 10.2 Å². The molecule has 1 atom stereocenters. The zero-order valence-corrected chi connectivity index (χ0v) is 10.2. The number of morpholine rings is 1. The third kappa shape index (κ3) is 3.73. The van der Waals surface area contributed by atoms with E-state index in [-0.39, 0.29) is 0 Å². The van der Waals surface area contributed by atoms with Crippen molar-refractivity contribution in [2.75, 3.05) is 32.8 Å². The van der Waals surface area contributed by atoms with Crippen LogP contribution in [-0.2, 0) is 4.74 Å². The number of allylic oxidation sites excluding steroid dienone is 1. The van der Waals surface area contributed by atoms with Crippen molar-refractivity contribution in [1.29, 1.82) is 0 Å². The first-order chi connectivity index (χ1) is 8.18. The van der Waals surface area contributed by atoms with Crippen molar-refractivity contribution in [2.45, 2.75) is 18.5 Å². The van der Waals surface area contributed by atoms with Crippen LogP contribution in [0.4, 0.5) is 0 Å². The van der Waals surface area contributed by atoms with Crippen LogP contribution in [0.3, 0.4) is 0 Å². The molecule has 0 aromatic rings. The van der Waals surface area contributed by atoms with Gasteiger partial charge in [-0.1, -0.05) is 0 Å². The number of hydrogen-bond acceptors (Lipinski definition) is 5. The number of rotatable bonds is 4. The van der Waals surface area contributed by atoms with Crippen LogP contribution in [0.1, 0.15) is 12.8 Å². The van der Waals surface area contributed by atoms with E-state index in [0.29, 0.717) is 0 Å². The molecule has 0 radical (unpaired) electrons. The Morgan fingerprint density at radius 2 is 2.18 bits per heavy atom. The second kappa shape index (κ2) is 5.53. The second-order valence-corrected chi connectivity index (χ2v) is 4.72. The molecule has 0 aromatic heterocycles. The highest BCUT2D eigenvalue weighted by atomic mass is 16.5. The first-order valence-corrected chi connectivity index (χ1v) is 6.19. The van der Waals surface area contributed by atoms with Crippen molar-refractivity contribution in [3.8, 4) is 0 Å². The lowest BCUT2D eigenvalue weighted by atomic mass is 10.0. The molecule has 1 unspecified atom stereocenters. The van der Waals surface area contributed by atoms with Crippen molar-refractivity contribution in [2.24, 2.45) is 11.5 Å². The van der Waals surface area contributed by atoms with E-state index in [4.69, 9.17) is 16.2 Å². The smallest absolute Gasteiger partial charge is 0.105 e. The fourth-order valence-corrected chi connectivity index (χ4v) is 2.13. The van der Waals surface area contributed by atoms with Gasteiger partial charge in [-0.05, 0) is 31.5 Å². The summed E-state index contributed by atoms with van der Waals surface area (Å²) < 4.78 is 5.32. The normalized spacial score (nSPS) is 29.8. The molecular formula is C12H22N4O. The average molecular weight is 238 g/mol. The molecule has 0 aliphatic carbocycles. The molecule has 0 saturated carbocycles. The van der Waals surface area contributed by atoms with E-state index in [0.717, 1.165) is 51.4 Å². The van der Waals surface area contributed by atoms with Gasteiger partial charge < -0.3 is 21.5 Å².